The summed E-state index contributed by atoms with van der Waals surface area (Å²) in [7, 11) is 1.51. The fraction of sp³-hybridized carbons (Fsp3) is 0.294. The lowest BCUT2D eigenvalue weighted by atomic mass is 10.1. The van der Waals surface area contributed by atoms with Crippen LogP contribution in [-0.4, -0.2) is 45.8 Å². The number of hydrogen-bond acceptors (Lipinski definition) is 5. The summed E-state index contributed by atoms with van der Waals surface area (Å²) in [5.41, 5.74) is 2.25. The highest BCUT2D eigenvalue weighted by molar-refractivity contribution is 5.74. The van der Waals surface area contributed by atoms with Crippen LogP contribution >= 0.6 is 0 Å². The van der Waals surface area contributed by atoms with Crippen LogP contribution < -0.4 is 9.64 Å². The molecule has 0 aliphatic carbocycles. The van der Waals surface area contributed by atoms with Gasteiger partial charge in [-0.25, -0.2) is 14.4 Å². The van der Waals surface area contributed by atoms with Crippen LogP contribution in [0.25, 0.3) is 16.9 Å². The number of ether oxygens (including phenoxy) is 1. The van der Waals surface area contributed by atoms with Gasteiger partial charge in [-0.1, -0.05) is 0 Å². The molecule has 7 heteroatoms. The van der Waals surface area contributed by atoms with E-state index in [-0.39, 0.29) is 11.9 Å². The molecule has 1 saturated heterocycles. The molecule has 6 nitrogen and oxygen atoms in total. The van der Waals surface area contributed by atoms with Crippen LogP contribution in [0, 0.1) is 5.82 Å². The molecular formula is C17H17FN4O2. The van der Waals surface area contributed by atoms with E-state index in [0.717, 1.165) is 30.0 Å². The molecule has 1 aliphatic rings. The number of aliphatic hydroxyl groups excluding tert-OH is 1. The van der Waals surface area contributed by atoms with Gasteiger partial charge in [-0.2, -0.15) is 0 Å². The van der Waals surface area contributed by atoms with E-state index in [1.54, 1.807) is 18.5 Å². The number of nitrogens with zero attached hydrogens (tertiary/aromatic N) is 4. The maximum atomic E-state index is 13.5. The first kappa shape index (κ1) is 14.9. The van der Waals surface area contributed by atoms with Crippen molar-refractivity contribution in [2.75, 3.05) is 25.1 Å². The highest BCUT2D eigenvalue weighted by Gasteiger charge is 2.24. The SMILES string of the molecule is COc1cc(F)ccc1-c1cnc2c(N3CCC(O)C3)nccn12. The van der Waals surface area contributed by atoms with E-state index < -0.39 is 0 Å². The second-order valence-corrected chi connectivity index (χ2v) is 5.82. The normalized spacial score (nSPS) is 17.6. The molecule has 1 fully saturated rings. The van der Waals surface area contributed by atoms with Gasteiger partial charge in [-0.05, 0) is 18.6 Å². The number of rotatable bonds is 3. The minimum absolute atomic E-state index is 0.335. The van der Waals surface area contributed by atoms with E-state index in [1.807, 2.05) is 15.5 Å². The van der Waals surface area contributed by atoms with Crippen molar-refractivity contribution in [3.8, 4) is 17.0 Å². The van der Waals surface area contributed by atoms with E-state index in [2.05, 4.69) is 9.97 Å². The largest absolute Gasteiger partial charge is 0.496 e. The Morgan fingerprint density at radius 2 is 2.21 bits per heavy atom. The Bertz CT molecular complexity index is 895. The van der Waals surface area contributed by atoms with Gasteiger partial charge in [0.15, 0.2) is 11.5 Å². The zero-order chi connectivity index (χ0) is 16.7. The lowest BCUT2D eigenvalue weighted by molar-refractivity contribution is 0.198. The molecule has 0 radical (unpaired) electrons. The van der Waals surface area contributed by atoms with Gasteiger partial charge in [0, 0.05) is 37.1 Å². The Labute approximate surface area is 138 Å². The summed E-state index contributed by atoms with van der Waals surface area (Å²) in [4.78, 5) is 10.9. The van der Waals surface area contributed by atoms with Crippen molar-refractivity contribution in [3.63, 3.8) is 0 Å². The number of β-amino-alcohol motifs (C(OH)–C–C–N with tert-alkyl or cyclic N) is 1. The number of aliphatic hydroxyl groups is 1. The third-order valence-electron chi connectivity index (χ3n) is 4.31. The molecule has 0 amide bonds. The van der Waals surface area contributed by atoms with E-state index >= 15 is 0 Å². The Morgan fingerprint density at radius 3 is 2.96 bits per heavy atom. The maximum absolute atomic E-state index is 13.5. The second kappa shape index (κ2) is 5.76. The molecule has 3 heterocycles. The summed E-state index contributed by atoms with van der Waals surface area (Å²) in [6, 6.07) is 4.43. The monoisotopic (exact) mass is 328 g/mol. The molecule has 4 rings (SSSR count). The van der Waals surface area contributed by atoms with Crippen molar-refractivity contribution < 1.29 is 14.2 Å². The topological polar surface area (TPSA) is 62.9 Å². The van der Waals surface area contributed by atoms with Gasteiger partial charge in [-0.15, -0.1) is 0 Å². The van der Waals surface area contributed by atoms with Gasteiger partial charge in [0.1, 0.15) is 11.6 Å². The quantitative estimate of drug-likeness (QED) is 0.798. The number of anilines is 1. The number of benzene rings is 1. The zero-order valence-corrected chi connectivity index (χ0v) is 13.2. The zero-order valence-electron chi connectivity index (χ0n) is 13.2. The minimum Gasteiger partial charge on any atom is -0.496 e. The number of hydrogen-bond donors (Lipinski definition) is 1. The van der Waals surface area contributed by atoms with Crippen LogP contribution in [0.2, 0.25) is 0 Å². The second-order valence-electron chi connectivity index (χ2n) is 5.82. The molecule has 1 N–H and O–H groups in total. The summed E-state index contributed by atoms with van der Waals surface area (Å²) in [5.74, 6) is 0.839. The Balaban J connectivity index is 1.84. The van der Waals surface area contributed by atoms with Crippen LogP contribution in [0.3, 0.4) is 0 Å². The molecule has 1 aromatic carbocycles. The predicted octanol–water partition coefficient (Wildman–Crippen LogP) is 2.11. The fourth-order valence-corrected chi connectivity index (χ4v) is 3.14. The van der Waals surface area contributed by atoms with Crippen molar-refractivity contribution in [1.82, 2.24) is 14.4 Å². The molecule has 124 valence electrons. The van der Waals surface area contributed by atoms with Crippen LogP contribution in [0.5, 0.6) is 5.75 Å². The number of aromatic nitrogens is 3. The van der Waals surface area contributed by atoms with Crippen molar-refractivity contribution in [3.05, 3.63) is 42.6 Å². The first-order chi connectivity index (χ1) is 11.7. The van der Waals surface area contributed by atoms with Crippen LogP contribution in [0.4, 0.5) is 10.2 Å². The fourth-order valence-electron chi connectivity index (χ4n) is 3.14. The van der Waals surface area contributed by atoms with Gasteiger partial charge in [0.25, 0.3) is 0 Å². The highest BCUT2D eigenvalue weighted by atomic mass is 19.1. The first-order valence-electron chi connectivity index (χ1n) is 7.76. The lowest BCUT2D eigenvalue weighted by Crippen LogP contribution is -2.23. The van der Waals surface area contributed by atoms with E-state index in [0.29, 0.717) is 17.9 Å². The van der Waals surface area contributed by atoms with Gasteiger partial charge >= 0.3 is 0 Å². The Kier molecular flexibility index (Phi) is 3.57. The van der Waals surface area contributed by atoms with E-state index in [1.165, 1.54) is 19.2 Å². The molecule has 3 aromatic rings. The van der Waals surface area contributed by atoms with Gasteiger partial charge in [0.2, 0.25) is 0 Å². The molecule has 0 saturated carbocycles. The summed E-state index contributed by atoms with van der Waals surface area (Å²) >= 11 is 0. The van der Waals surface area contributed by atoms with Crippen LogP contribution in [-0.2, 0) is 0 Å². The molecule has 1 unspecified atom stereocenters. The Hall–Kier alpha value is -2.67. The third-order valence-corrected chi connectivity index (χ3v) is 4.31. The van der Waals surface area contributed by atoms with Crippen LogP contribution in [0.1, 0.15) is 6.42 Å². The summed E-state index contributed by atoms with van der Waals surface area (Å²) in [5, 5.41) is 9.76. The molecule has 2 aromatic heterocycles. The molecular weight excluding hydrogens is 311 g/mol. The van der Waals surface area contributed by atoms with Crippen molar-refractivity contribution in [2.45, 2.75) is 12.5 Å². The van der Waals surface area contributed by atoms with Gasteiger partial charge in [-0.3, -0.25) is 4.40 Å². The highest BCUT2D eigenvalue weighted by Crippen LogP contribution is 2.33. The van der Waals surface area contributed by atoms with Crippen molar-refractivity contribution in [1.29, 1.82) is 0 Å². The molecule has 1 atom stereocenters. The van der Waals surface area contributed by atoms with Gasteiger partial charge in [0.05, 0.1) is 25.1 Å². The maximum Gasteiger partial charge on any atom is 0.180 e. The Morgan fingerprint density at radius 1 is 1.33 bits per heavy atom. The van der Waals surface area contributed by atoms with Crippen molar-refractivity contribution >= 4 is 11.5 Å². The summed E-state index contributed by atoms with van der Waals surface area (Å²) in [6.07, 6.45) is 5.63. The molecule has 1 aliphatic heterocycles. The van der Waals surface area contributed by atoms with Crippen LogP contribution in [0.15, 0.2) is 36.8 Å². The average Bonchev–Trinajstić information content (AvgIpc) is 3.21. The molecule has 0 bridgehead atoms. The third kappa shape index (κ3) is 2.37. The standard InChI is InChI=1S/C17H17FN4O2/c1-24-15-8-11(18)2-3-13(15)14-9-20-17-16(19-5-7-22(14)17)21-6-4-12(23)10-21/h2-3,5,7-9,12,23H,4,6,10H2,1H3. The molecule has 0 spiro atoms. The lowest BCUT2D eigenvalue weighted by Gasteiger charge is -2.17. The van der Waals surface area contributed by atoms with E-state index in [9.17, 15) is 9.50 Å². The first-order valence-corrected chi connectivity index (χ1v) is 7.76. The summed E-state index contributed by atoms with van der Waals surface area (Å²) in [6.45, 7) is 1.30. The number of halogens is 1. The van der Waals surface area contributed by atoms with Gasteiger partial charge < -0.3 is 14.7 Å². The smallest absolute Gasteiger partial charge is 0.180 e. The number of imidazole rings is 1. The number of fused-ring (bicyclic) bond motifs is 1. The average molecular weight is 328 g/mol. The predicted molar refractivity (Wildman–Crippen MR) is 87.8 cm³/mol. The van der Waals surface area contributed by atoms with E-state index in [4.69, 9.17) is 4.74 Å². The summed E-state index contributed by atoms with van der Waals surface area (Å²) < 4.78 is 20.7. The minimum atomic E-state index is -0.349. The molecule has 24 heavy (non-hydrogen) atoms. The number of methoxy groups -OCH3 is 1. The van der Waals surface area contributed by atoms with Crippen molar-refractivity contribution in [2.24, 2.45) is 0 Å².